The topological polar surface area (TPSA) is 68.0 Å². The third-order valence-corrected chi connectivity index (χ3v) is 7.13. The molecule has 0 aliphatic heterocycles. The molecule has 0 saturated carbocycles. The second-order valence-electron chi connectivity index (χ2n) is 6.41. The van der Waals surface area contributed by atoms with Gasteiger partial charge in [-0.3, -0.25) is 4.79 Å². The monoisotopic (exact) mass is 441 g/mol. The molecule has 0 spiro atoms. The number of benzene rings is 1. The molecule has 0 aliphatic rings. The van der Waals surface area contributed by atoms with Crippen molar-refractivity contribution in [2.75, 3.05) is 0 Å². The number of hydrogen-bond donors (Lipinski definition) is 1. The molecular weight excluding hydrogens is 422 g/mol. The van der Waals surface area contributed by atoms with Gasteiger partial charge in [0.05, 0.1) is 33.4 Å². The van der Waals surface area contributed by atoms with E-state index in [1.807, 2.05) is 50.2 Å². The molecule has 0 fully saturated rings. The summed E-state index contributed by atoms with van der Waals surface area (Å²) in [4.78, 5) is 20.4. The van der Waals surface area contributed by atoms with Gasteiger partial charge in [-0.25, -0.2) is 4.98 Å². The van der Waals surface area contributed by atoms with Gasteiger partial charge in [-0.1, -0.05) is 17.3 Å². The summed E-state index contributed by atoms with van der Waals surface area (Å²) in [6.07, 6.45) is 0. The third-order valence-electron chi connectivity index (χ3n) is 4.14. The Kier molecular flexibility index (Phi) is 6.13. The quantitative estimate of drug-likeness (QED) is 0.373. The number of rotatable bonds is 7. The van der Waals surface area contributed by atoms with Crippen molar-refractivity contribution >= 4 is 40.3 Å². The molecule has 1 aromatic carbocycles. The van der Waals surface area contributed by atoms with Crippen LogP contribution in [-0.4, -0.2) is 16.0 Å². The fourth-order valence-electron chi connectivity index (χ4n) is 2.77. The Hall–Kier alpha value is -2.42. The minimum absolute atomic E-state index is 0.0797. The van der Waals surface area contributed by atoms with Crippen molar-refractivity contribution in [2.45, 2.75) is 31.0 Å². The van der Waals surface area contributed by atoms with Crippen LogP contribution in [-0.2, 0) is 12.3 Å². The summed E-state index contributed by atoms with van der Waals surface area (Å²) in [6.45, 7) is 4.37. The van der Waals surface area contributed by atoms with Crippen molar-refractivity contribution in [2.24, 2.45) is 0 Å². The van der Waals surface area contributed by atoms with Crippen LogP contribution < -0.4 is 5.32 Å². The molecule has 0 saturated heterocycles. The van der Waals surface area contributed by atoms with Crippen molar-refractivity contribution in [1.29, 1.82) is 0 Å². The lowest BCUT2D eigenvalue weighted by Crippen LogP contribution is -2.22. The van der Waals surface area contributed by atoms with Gasteiger partial charge in [-0.2, -0.15) is 0 Å². The summed E-state index contributed by atoms with van der Waals surface area (Å²) in [5, 5.41) is 10.2. The summed E-state index contributed by atoms with van der Waals surface area (Å²) >= 11 is 4.88. The molecule has 29 heavy (non-hydrogen) atoms. The van der Waals surface area contributed by atoms with Crippen LogP contribution in [0.2, 0.25) is 0 Å². The lowest BCUT2D eigenvalue weighted by Gasteiger charge is -2.09. The van der Waals surface area contributed by atoms with Gasteiger partial charge in [0.2, 0.25) is 0 Å². The zero-order valence-corrected chi connectivity index (χ0v) is 18.4. The molecule has 1 amide bonds. The van der Waals surface area contributed by atoms with Gasteiger partial charge in [0.1, 0.15) is 5.76 Å². The van der Waals surface area contributed by atoms with Crippen LogP contribution in [0, 0.1) is 13.8 Å². The van der Waals surface area contributed by atoms with E-state index in [4.69, 9.17) is 4.52 Å². The van der Waals surface area contributed by atoms with Crippen LogP contribution in [0.5, 0.6) is 0 Å². The first-order valence-electron chi connectivity index (χ1n) is 9.02. The summed E-state index contributed by atoms with van der Waals surface area (Å²) in [5.74, 6) is 1.36. The number of nitrogens with one attached hydrogen (secondary N) is 1. The average Bonchev–Trinajstić information content (AvgIpc) is 3.46. The second kappa shape index (κ2) is 8.94. The Morgan fingerprint density at radius 1 is 1.21 bits per heavy atom. The first kappa shape index (κ1) is 19.9. The molecule has 0 aliphatic carbocycles. The number of aryl methyl sites for hydroxylation is 2. The van der Waals surface area contributed by atoms with Crippen molar-refractivity contribution in [3.63, 3.8) is 0 Å². The number of carbonyl (C=O) groups excluding carboxylic acids is 1. The number of carbonyl (C=O) groups is 1. The highest BCUT2D eigenvalue weighted by molar-refractivity contribution is 7.98. The normalized spacial score (nSPS) is 11.0. The maximum Gasteiger partial charge on any atom is 0.252 e. The molecule has 3 aromatic heterocycles. The Labute approximate surface area is 181 Å². The van der Waals surface area contributed by atoms with Gasteiger partial charge in [-0.05, 0) is 38.1 Å². The lowest BCUT2D eigenvalue weighted by molar-refractivity contribution is 0.0948. The largest absolute Gasteiger partial charge is 0.361 e. The number of hydrogen-bond acceptors (Lipinski definition) is 7. The number of aromatic nitrogens is 2. The van der Waals surface area contributed by atoms with Gasteiger partial charge in [0.15, 0.2) is 0 Å². The summed E-state index contributed by atoms with van der Waals surface area (Å²) < 4.78 is 5.11. The van der Waals surface area contributed by atoms with Gasteiger partial charge < -0.3 is 9.84 Å². The summed E-state index contributed by atoms with van der Waals surface area (Å²) in [7, 11) is 0. The maximum atomic E-state index is 12.8. The zero-order valence-electron chi connectivity index (χ0n) is 16.0. The van der Waals surface area contributed by atoms with Crippen molar-refractivity contribution in [3.05, 3.63) is 74.7 Å². The number of thiophene rings is 1. The van der Waals surface area contributed by atoms with Crippen LogP contribution in [0.15, 0.2) is 57.3 Å². The van der Waals surface area contributed by atoms with E-state index in [1.54, 1.807) is 34.4 Å². The van der Waals surface area contributed by atoms with Crippen LogP contribution in [0.25, 0.3) is 10.6 Å². The van der Waals surface area contributed by atoms with E-state index >= 15 is 0 Å². The zero-order chi connectivity index (χ0) is 20.2. The maximum absolute atomic E-state index is 12.8. The van der Waals surface area contributed by atoms with E-state index in [9.17, 15) is 4.79 Å². The fraction of sp³-hybridized carbons (Fsp3) is 0.190. The molecular formula is C21H19N3O2S3. The highest BCUT2D eigenvalue weighted by Gasteiger charge is 2.13. The molecule has 0 radical (unpaired) electrons. The Morgan fingerprint density at radius 2 is 2.07 bits per heavy atom. The SMILES string of the molecule is Cc1cc(CSc2ccccc2C(=O)NCc2ccc(-c3csc(C)n3)s2)no1. The molecule has 0 bridgehead atoms. The minimum atomic E-state index is -0.0797. The predicted octanol–water partition coefficient (Wildman–Crippen LogP) is 5.70. The fourth-order valence-corrected chi connectivity index (χ4v) is 5.29. The Balaban J connectivity index is 1.39. The number of thioether (sulfide) groups is 1. The predicted molar refractivity (Wildman–Crippen MR) is 119 cm³/mol. The van der Waals surface area contributed by atoms with E-state index in [2.05, 4.69) is 26.9 Å². The van der Waals surface area contributed by atoms with Crippen LogP contribution in [0.4, 0.5) is 0 Å². The van der Waals surface area contributed by atoms with Gasteiger partial charge >= 0.3 is 0 Å². The smallest absolute Gasteiger partial charge is 0.252 e. The summed E-state index contributed by atoms with van der Waals surface area (Å²) in [5.41, 5.74) is 2.54. The van der Waals surface area contributed by atoms with Gasteiger partial charge in [-0.15, -0.1) is 34.4 Å². The molecule has 5 nitrogen and oxygen atoms in total. The van der Waals surface area contributed by atoms with Crippen LogP contribution in [0.3, 0.4) is 0 Å². The van der Waals surface area contributed by atoms with E-state index < -0.39 is 0 Å². The lowest BCUT2D eigenvalue weighted by atomic mass is 10.2. The second-order valence-corrected chi connectivity index (χ2v) is 9.66. The van der Waals surface area contributed by atoms with E-state index in [0.717, 1.165) is 36.8 Å². The van der Waals surface area contributed by atoms with Crippen molar-refractivity contribution < 1.29 is 9.32 Å². The van der Waals surface area contributed by atoms with E-state index in [0.29, 0.717) is 17.9 Å². The number of thiazole rings is 1. The molecule has 1 N–H and O–H groups in total. The highest BCUT2D eigenvalue weighted by atomic mass is 32.2. The molecule has 3 heterocycles. The van der Waals surface area contributed by atoms with Gasteiger partial charge in [0, 0.05) is 27.0 Å². The molecule has 0 unspecified atom stereocenters. The molecule has 4 aromatic rings. The first-order valence-corrected chi connectivity index (χ1v) is 11.7. The van der Waals surface area contributed by atoms with Crippen LogP contribution >= 0.6 is 34.4 Å². The molecule has 148 valence electrons. The average molecular weight is 442 g/mol. The third kappa shape index (κ3) is 4.95. The van der Waals surface area contributed by atoms with E-state index in [1.165, 1.54) is 0 Å². The number of nitrogens with zero attached hydrogens (tertiary/aromatic N) is 2. The Morgan fingerprint density at radius 3 is 2.83 bits per heavy atom. The molecule has 0 atom stereocenters. The first-order chi connectivity index (χ1) is 14.1. The Bertz CT molecular complexity index is 1130. The summed E-state index contributed by atoms with van der Waals surface area (Å²) in [6, 6.07) is 13.6. The van der Waals surface area contributed by atoms with Crippen molar-refractivity contribution in [3.8, 4) is 10.6 Å². The van der Waals surface area contributed by atoms with Crippen molar-refractivity contribution in [1.82, 2.24) is 15.5 Å². The van der Waals surface area contributed by atoms with Gasteiger partial charge in [0.25, 0.3) is 5.91 Å². The van der Waals surface area contributed by atoms with E-state index in [-0.39, 0.29) is 5.91 Å². The molecule has 8 heteroatoms. The standard InChI is InChI=1S/C21H19N3O2S3/c1-13-9-15(24-26-13)11-28-19-6-4-3-5-17(19)21(25)22-10-16-7-8-20(29-16)18-12-27-14(2)23-18/h3-9,12H,10-11H2,1-2H3,(H,22,25). The van der Waals surface area contributed by atoms with Crippen LogP contribution in [0.1, 0.15) is 31.7 Å². The molecule has 4 rings (SSSR count). The highest BCUT2D eigenvalue weighted by Crippen LogP contribution is 2.29. The minimum Gasteiger partial charge on any atom is -0.361 e. The number of amides is 1.